The Morgan fingerprint density at radius 1 is 1.29 bits per heavy atom. The van der Waals surface area contributed by atoms with E-state index in [1.807, 2.05) is 0 Å². The lowest BCUT2D eigenvalue weighted by Crippen LogP contribution is -2.25. The lowest BCUT2D eigenvalue weighted by Gasteiger charge is -2.04. The highest BCUT2D eigenvalue weighted by Crippen LogP contribution is 2.10. The zero-order valence-electron chi connectivity index (χ0n) is 9.21. The third-order valence-corrected chi connectivity index (χ3v) is 2.17. The molecule has 1 heterocycles. The molecule has 2 rings (SSSR count). The van der Waals surface area contributed by atoms with Gasteiger partial charge in [0.25, 0.3) is 0 Å². The van der Waals surface area contributed by atoms with Gasteiger partial charge in [-0.05, 0) is 34.7 Å². The summed E-state index contributed by atoms with van der Waals surface area (Å²) in [6, 6.07) is 5.66. The van der Waals surface area contributed by atoms with Crippen LogP contribution in [-0.2, 0) is 13.6 Å². The molecule has 90 valence electrons. The molecule has 6 nitrogen and oxygen atoms in total. The van der Waals surface area contributed by atoms with Gasteiger partial charge in [0, 0.05) is 7.05 Å². The van der Waals surface area contributed by atoms with Gasteiger partial charge in [-0.3, -0.25) is 0 Å². The van der Waals surface area contributed by atoms with Gasteiger partial charge in [-0.2, -0.15) is 9.36 Å². The molecule has 7 heteroatoms. The summed E-state index contributed by atoms with van der Waals surface area (Å²) in [5.41, 5.74) is -0.298. The van der Waals surface area contributed by atoms with E-state index in [-0.39, 0.29) is 18.1 Å². The fraction of sp³-hybridized carbons (Fsp3) is 0.300. The molecule has 0 atom stereocenters. The van der Waals surface area contributed by atoms with Gasteiger partial charge in [-0.15, -0.1) is 0 Å². The number of hydrogen-bond acceptors (Lipinski definition) is 4. The zero-order valence-corrected chi connectivity index (χ0v) is 9.21. The molecule has 0 saturated heterocycles. The van der Waals surface area contributed by atoms with Crippen LogP contribution in [0.1, 0.15) is 0 Å². The van der Waals surface area contributed by atoms with E-state index in [1.165, 1.54) is 36.0 Å². The van der Waals surface area contributed by atoms with Gasteiger partial charge in [0.15, 0.2) is 0 Å². The van der Waals surface area contributed by atoms with Crippen LogP contribution in [0.15, 0.2) is 29.1 Å². The second kappa shape index (κ2) is 4.77. The van der Waals surface area contributed by atoms with Crippen LogP contribution in [0.4, 0.5) is 4.39 Å². The van der Waals surface area contributed by atoms with Crippen LogP contribution in [0.5, 0.6) is 5.75 Å². The highest BCUT2D eigenvalue weighted by Gasteiger charge is 2.02. The molecule has 0 amide bonds. The van der Waals surface area contributed by atoms with Crippen molar-refractivity contribution in [3.8, 4) is 5.75 Å². The minimum atomic E-state index is -0.317. The van der Waals surface area contributed by atoms with Crippen molar-refractivity contribution in [1.29, 1.82) is 0 Å². The van der Waals surface area contributed by atoms with Gasteiger partial charge in [-0.25, -0.2) is 9.18 Å². The van der Waals surface area contributed by atoms with Gasteiger partial charge in [0.1, 0.15) is 18.2 Å². The Labute approximate surface area is 96.2 Å². The van der Waals surface area contributed by atoms with Crippen LogP contribution in [0, 0.1) is 5.82 Å². The molecule has 0 aliphatic heterocycles. The first-order chi connectivity index (χ1) is 8.16. The summed E-state index contributed by atoms with van der Waals surface area (Å²) in [7, 11) is 1.52. The molecule has 2 aromatic rings. The number of nitrogens with zero attached hydrogens (tertiary/aromatic N) is 4. The molecule has 1 aromatic heterocycles. The van der Waals surface area contributed by atoms with Crippen LogP contribution in [0.2, 0.25) is 0 Å². The summed E-state index contributed by atoms with van der Waals surface area (Å²) in [6.45, 7) is 0.564. The largest absolute Gasteiger partial charge is 0.492 e. The van der Waals surface area contributed by atoms with Crippen molar-refractivity contribution in [3.63, 3.8) is 0 Å². The number of benzene rings is 1. The van der Waals surface area contributed by atoms with Crippen molar-refractivity contribution < 1.29 is 9.13 Å². The van der Waals surface area contributed by atoms with Gasteiger partial charge < -0.3 is 4.74 Å². The lowest BCUT2D eigenvalue weighted by molar-refractivity contribution is 0.287. The van der Waals surface area contributed by atoms with Crippen molar-refractivity contribution in [2.45, 2.75) is 6.54 Å². The van der Waals surface area contributed by atoms with E-state index >= 15 is 0 Å². The van der Waals surface area contributed by atoms with E-state index in [1.54, 1.807) is 0 Å². The standard InChI is InChI=1S/C10H11FN4O2/c1-14-10(16)15(13-12-14)6-7-17-9-4-2-8(11)3-5-9/h2-5H,6-7H2,1H3. The van der Waals surface area contributed by atoms with E-state index in [9.17, 15) is 9.18 Å². The molecule has 0 aliphatic carbocycles. The summed E-state index contributed by atoms with van der Waals surface area (Å²) in [6.07, 6.45) is 0. The Balaban J connectivity index is 1.90. The fourth-order valence-corrected chi connectivity index (χ4v) is 1.27. The minimum absolute atomic E-state index is 0.268. The average molecular weight is 238 g/mol. The van der Waals surface area contributed by atoms with Crippen LogP contribution >= 0.6 is 0 Å². The normalized spacial score (nSPS) is 10.5. The molecule has 0 N–H and O–H groups in total. The summed E-state index contributed by atoms with van der Waals surface area (Å²) < 4.78 is 20.3. The average Bonchev–Trinajstić information content (AvgIpc) is 2.64. The van der Waals surface area contributed by atoms with Crippen LogP contribution < -0.4 is 10.4 Å². The van der Waals surface area contributed by atoms with Crippen molar-refractivity contribution >= 4 is 0 Å². The molecule has 0 saturated carbocycles. The Kier molecular flexibility index (Phi) is 3.17. The maximum atomic E-state index is 12.6. The first-order valence-corrected chi connectivity index (χ1v) is 5.02. The summed E-state index contributed by atoms with van der Waals surface area (Å²) in [5, 5.41) is 7.20. The molecule has 1 aromatic carbocycles. The van der Waals surface area contributed by atoms with Gasteiger partial charge in [-0.1, -0.05) is 0 Å². The number of aromatic nitrogens is 4. The van der Waals surface area contributed by atoms with Crippen molar-refractivity contribution in [2.75, 3.05) is 6.61 Å². The van der Waals surface area contributed by atoms with E-state index in [2.05, 4.69) is 10.4 Å². The number of tetrazole rings is 1. The van der Waals surface area contributed by atoms with Crippen molar-refractivity contribution in [2.24, 2.45) is 7.05 Å². The second-order valence-corrected chi connectivity index (χ2v) is 3.41. The molecule has 0 aliphatic rings. The Hall–Kier alpha value is -2.18. The third-order valence-electron chi connectivity index (χ3n) is 2.17. The minimum Gasteiger partial charge on any atom is -0.492 e. The van der Waals surface area contributed by atoms with Gasteiger partial charge in [0.2, 0.25) is 0 Å². The topological polar surface area (TPSA) is 61.9 Å². The highest BCUT2D eigenvalue weighted by molar-refractivity contribution is 5.21. The SMILES string of the molecule is Cn1nnn(CCOc2ccc(F)cc2)c1=O. The van der Waals surface area contributed by atoms with Gasteiger partial charge >= 0.3 is 5.69 Å². The number of hydrogen-bond donors (Lipinski definition) is 0. The summed E-state index contributed by atoms with van der Waals surface area (Å²) >= 11 is 0. The zero-order chi connectivity index (χ0) is 12.3. The quantitative estimate of drug-likeness (QED) is 0.763. The maximum absolute atomic E-state index is 12.6. The predicted octanol–water partition coefficient (Wildman–Crippen LogP) is 0.195. The number of rotatable bonds is 4. The van der Waals surface area contributed by atoms with E-state index in [0.29, 0.717) is 12.3 Å². The first kappa shape index (κ1) is 11.3. The molecule has 17 heavy (non-hydrogen) atoms. The Morgan fingerprint density at radius 2 is 2.00 bits per heavy atom. The molecule has 0 fully saturated rings. The summed E-state index contributed by atoms with van der Waals surface area (Å²) in [5.74, 6) is 0.228. The Bertz CT molecular complexity index is 546. The molecule has 0 spiro atoms. The molecule has 0 unspecified atom stereocenters. The highest BCUT2D eigenvalue weighted by atomic mass is 19.1. The van der Waals surface area contributed by atoms with Gasteiger partial charge in [0.05, 0.1) is 6.54 Å². The second-order valence-electron chi connectivity index (χ2n) is 3.41. The Morgan fingerprint density at radius 3 is 2.59 bits per heavy atom. The van der Waals surface area contributed by atoms with E-state index in [0.717, 1.165) is 4.68 Å². The monoisotopic (exact) mass is 238 g/mol. The molecule has 0 bridgehead atoms. The van der Waals surface area contributed by atoms with Crippen LogP contribution in [0.25, 0.3) is 0 Å². The molecular formula is C10H11FN4O2. The first-order valence-electron chi connectivity index (χ1n) is 5.02. The van der Waals surface area contributed by atoms with E-state index in [4.69, 9.17) is 4.74 Å². The number of ether oxygens (including phenoxy) is 1. The van der Waals surface area contributed by atoms with Crippen LogP contribution in [0.3, 0.4) is 0 Å². The lowest BCUT2D eigenvalue weighted by atomic mass is 10.3. The molecule has 0 radical (unpaired) electrons. The van der Waals surface area contributed by atoms with Crippen LogP contribution in [-0.4, -0.2) is 26.4 Å². The fourth-order valence-electron chi connectivity index (χ4n) is 1.27. The molecular weight excluding hydrogens is 227 g/mol. The summed E-state index contributed by atoms with van der Waals surface area (Å²) in [4.78, 5) is 11.4. The smallest absolute Gasteiger partial charge is 0.363 e. The van der Waals surface area contributed by atoms with Crippen molar-refractivity contribution in [3.05, 3.63) is 40.6 Å². The maximum Gasteiger partial charge on any atom is 0.363 e. The van der Waals surface area contributed by atoms with E-state index < -0.39 is 0 Å². The van der Waals surface area contributed by atoms with Crippen molar-refractivity contribution in [1.82, 2.24) is 19.8 Å². The predicted molar refractivity (Wildman–Crippen MR) is 57.2 cm³/mol. The number of aryl methyl sites for hydroxylation is 1. The number of halogens is 1. The third kappa shape index (κ3) is 2.68.